The molecule has 0 saturated heterocycles. The summed E-state index contributed by atoms with van der Waals surface area (Å²) in [5.74, 6) is 0.257. The van der Waals surface area contributed by atoms with Gasteiger partial charge in [-0.3, -0.25) is 4.98 Å². The van der Waals surface area contributed by atoms with Crippen LogP contribution in [0, 0.1) is 0 Å². The molecule has 112 valence electrons. The highest BCUT2D eigenvalue weighted by Gasteiger charge is 2.31. The van der Waals surface area contributed by atoms with Gasteiger partial charge >= 0.3 is 6.36 Å². The van der Waals surface area contributed by atoms with Gasteiger partial charge in [0.25, 0.3) is 0 Å². The van der Waals surface area contributed by atoms with Gasteiger partial charge in [-0.2, -0.15) is 0 Å². The lowest BCUT2D eigenvalue weighted by Crippen LogP contribution is -2.17. The van der Waals surface area contributed by atoms with Gasteiger partial charge < -0.3 is 10.1 Å². The van der Waals surface area contributed by atoms with Crippen molar-refractivity contribution in [1.29, 1.82) is 0 Å². The third kappa shape index (κ3) is 3.20. The average Bonchev–Trinajstić information content (AvgIpc) is 3.22. The predicted molar refractivity (Wildman–Crippen MR) is 74.6 cm³/mol. The SMILES string of the molecule is CCNc1cc(C2CC2)nc2ccc(OC(F)(F)F)cc12. The van der Waals surface area contributed by atoms with Crippen LogP contribution in [-0.4, -0.2) is 17.9 Å². The summed E-state index contributed by atoms with van der Waals surface area (Å²) in [4.78, 5) is 4.54. The fraction of sp³-hybridized carbons (Fsp3) is 0.400. The van der Waals surface area contributed by atoms with Crippen molar-refractivity contribution in [3.05, 3.63) is 30.0 Å². The molecule has 0 spiro atoms. The van der Waals surface area contributed by atoms with E-state index in [4.69, 9.17) is 0 Å². The van der Waals surface area contributed by atoms with E-state index in [0.29, 0.717) is 23.4 Å². The molecular weight excluding hydrogens is 281 g/mol. The zero-order valence-corrected chi connectivity index (χ0v) is 11.5. The topological polar surface area (TPSA) is 34.2 Å². The van der Waals surface area contributed by atoms with Crippen LogP contribution in [0.25, 0.3) is 10.9 Å². The lowest BCUT2D eigenvalue weighted by Gasteiger charge is -2.13. The smallest absolute Gasteiger partial charge is 0.406 e. The third-order valence-electron chi connectivity index (χ3n) is 3.40. The van der Waals surface area contributed by atoms with Crippen LogP contribution in [0.2, 0.25) is 0 Å². The molecule has 1 aliphatic rings. The molecule has 3 rings (SSSR count). The fourth-order valence-electron chi connectivity index (χ4n) is 2.35. The van der Waals surface area contributed by atoms with Crippen LogP contribution in [0.5, 0.6) is 5.75 Å². The van der Waals surface area contributed by atoms with Gasteiger partial charge in [-0.15, -0.1) is 13.2 Å². The molecule has 1 fully saturated rings. The minimum atomic E-state index is -4.69. The van der Waals surface area contributed by atoms with E-state index < -0.39 is 6.36 Å². The highest BCUT2D eigenvalue weighted by Crippen LogP contribution is 2.41. The number of rotatable bonds is 4. The molecule has 1 aliphatic carbocycles. The maximum atomic E-state index is 12.3. The molecule has 0 amide bonds. The lowest BCUT2D eigenvalue weighted by molar-refractivity contribution is -0.274. The molecular formula is C15H15F3N2O. The predicted octanol–water partition coefficient (Wildman–Crippen LogP) is 4.44. The van der Waals surface area contributed by atoms with Gasteiger partial charge in [0, 0.05) is 29.2 Å². The van der Waals surface area contributed by atoms with Crippen molar-refractivity contribution < 1.29 is 17.9 Å². The van der Waals surface area contributed by atoms with Gasteiger partial charge in [-0.25, -0.2) is 0 Å². The lowest BCUT2D eigenvalue weighted by atomic mass is 10.1. The number of pyridine rings is 1. The Morgan fingerprint density at radius 2 is 2.05 bits per heavy atom. The molecule has 1 saturated carbocycles. The summed E-state index contributed by atoms with van der Waals surface area (Å²) in [7, 11) is 0. The average molecular weight is 296 g/mol. The highest BCUT2D eigenvalue weighted by molar-refractivity contribution is 5.92. The second kappa shape index (κ2) is 5.09. The van der Waals surface area contributed by atoms with Crippen LogP contribution < -0.4 is 10.1 Å². The number of nitrogens with zero attached hydrogens (tertiary/aromatic N) is 1. The normalized spacial score (nSPS) is 15.2. The molecule has 0 bridgehead atoms. The summed E-state index contributed by atoms with van der Waals surface area (Å²) in [6.45, 7) is 2.63. The van der Waals surface area contributed by atoms with Crippen LogP contribution in [-0.2, 0) is 0 Å². The number of hydrogen-bond acceptors (Lipinski definition) is 3. The molecule has 2 aromatic rings. The molecule has 0 aliphatic heterocycles. The number of alkyl halides is 3. The van der Waals surface area contributed by atoms with Gasteiger partial charge in [0.15, 0.2) is 0 Å². The van der Waals surface area contributed by atoms with Gasteiger partial charge in [0.2, 0.25) is 0 Å². The number of nitrogens with one attached hydrogen (secondary N) is 1. The molecule has 1 N–H and O–H groups in total. The molecule has 21 heavy (non-hydrogen) atoms. The second-order valence-corrected chi connectivity index (χ2v) is 5.13. The maximum absolute atomic E-state index is 12.3. The van der Waals surface area contributed by atoms with Crippen molar-refractivity contribution in [3.63, 3.8) is 0 Å². The van der Waals surface area contributed by atoms with E-state index in [1.165, 1.54) is 12.1 Å². The summed E-state index contributed by atoms with van der Waals surface area (Å²) in [6.07, 6.45) is -2.44. The number of benzene rings is 1. The Kier molecular flexibility index (Phi) is 3.39. The van der Waals surface area contributed by atoms with Crippen molar-refractivity contribution in [1.82, 2.24) is 4.98 Å². The summed E-state index contributed by atoms with van der Waals surface area (Å²) >= 11 is 0. The Labute approximate surface area is 120 Å². The number of anilines is 1. The van der Waals surface area contributed by atoms with Crippen LogP contribution in [0.1, 0.15) is 31.4 Å². The standard InChI is InChI=1S/C15H15F3N2O/c1-2-19-14-8-13(9-3-4-9)20-12-6-5-10(7-11(12)14)21-15(16,17)18/h5-9H,2-4H2,1H3,(H,19,20). The van der Waals surface area contributed by atoms with Crippen molar-refractivity contribution in [2.75, 3.05) is 11.9 Å². The van der Waals surface area contributed by atoms with Crippen LogP contribution in [0.15, 0.2) is 24.3 Å². The first-order chi connectivity index (χ1) is 9.96. The zero-order chi connectivity index (χ0) is 15.0. The number of halogens is 3. The van der Waals surface area contributed by atoms with Crippen molar-refractivity contribution in [2.45, 2.75) is 32.0 Å². The van der Waals surface area contributed by atoms with E-state index in [9.17, 15) is 13.2 Å². The fourth-order valence-corrected chi connectivity index (χ4v) is 2.35. The van der Waals surface area contributed by atoms with E-state index in [2.05, 4.69) is 15.0 Å². The molecule has 1 aromatic heterocycles. The quantitative estimate of drug-likeness (QED) is 0.905. The van der Waals surface area contributed by atoms with Crippen molar-refractivity contribution in [2.24, 2.45) is 0 Å². The Morgan fingerprint density at radius 1 is 1.29 bits per heavy atom. The van der Waals surface area contributed by atoms with Gasteiger partial charge in [0.1, 0.15) is 5.75 Å². The second-order valence-electron chi connectivity index (χ2n) is 5.13. The Bertz CT molecular complexity index is 666. The summed E-state index contributed by atoms with van der Waals surface area (Å²) in [6, 6.07) is 6.18. The highest BCUT2D eigenvalue weighted by atomic mass is 19.4. The first kappa shape index (κ1) is 14.0. The summed E-state index contributed by atoms with van der Waals surface area (Å²) in [5.41, 5.74) is 2.49. The van der Waals surface area contributed by atoms with Gasteiger partial charge in [-0.1, -0.05) is 0 Å². The first-order valence-corrected chi connectivity index (χ1v) is 6.90. The molecule has 6 heteroatoms. The van der Waals surface area contributed by atoms with Crippen molar-refractivity contribution >= 4 is 16.6 Å². The Balaban J connectivity index is 2.05. The van der Waals surface area contributed by atoms with Crippen LogP contribution >= 0.6 is 0 Å². The minimum absolute atomic E-state index is 0.227. The van der Waals surface area contributed by atoms with Crippen LogP contribution in [0.4, 0.5) is 18.9 Å². The maximum Gasteiger partial charge on any atom is 0.573 e. The van der Waals surface area contributed by atoms with E-state index in [1.807, 2.05) is 13.0 Å². The summed E-state index contributed by atoms with van der Waals surface area (Å²) < 4.78 is 40.9. The van der Waals surface area contributed by atoms with Gasteiger partial charge in [-0.05, 0) is 44.0 Å². The molecule has 0 unspecified atom stereocenters. The summed E-state index contributed by atoms with van der Waals surface area (Å²) in [5, 5.41) is 3.83. The molecule has 1 aromatic carbocycles. The Morgan fingerprint density at radius 3 is 2.67 bits per heavy atom. The number of hydrogen-bond donors (Lipinski definition) is 1. The number of fused-ring (bicyclic) bond motifs is 1. The third-order valence-corrected chi connectivity index (χ3v) is 3.40. The largest absolute Gasteiger partial charge is 0.573 e. The molecule has 3 nitrogen and oxygen atoms in total. The monoisotopic (exact) mass is 296 g/mol. The van der Waals surface area contributed by atoms with E-state index >= 15 is 0 Å². The molecule has 1 heterocycles. The zero-order valence-electron chi connectivity index (χ0n) is 11.5. The molecule has 0 atom stereocenters. The van der Waals surface area contributed by atoms with E-state index in [1.54, 1.807) is 6.07 Å². The van der Waals surface area contributed by atoms with E-state index in [-0.39, 0.29) is 5.75 Å². The minimum Gasteiger partial charge on any atom is -0.406 e. The molecule has 0 radical (unpaired) electrons. The first-order valence-electron chi connectivity index (χ1n) is 6.90. The van der Waals surface area contributed by atoms with Crippen molar-refractivity contribution in [3.8, 4) is 5.75 Å². The van der Waals surface area contributed by atoms with Crippen LogP contribution in [0.3, 0.4) is 0 Å². The number of aromatic nitrogens is 1. The van der Waals surface area contributed by atoms with E-state index in [0.717, 1.165) is 24.2 Å². The Hall–Kier alpha value is -1.98. The van der Waals surface area contributed by atoms with Gasteiger partial charge in [0.05, 0.1) is 5.52 Å². The number of ether oxygens (including phenoxy) is 1.